The fraction of sp³-hybridized carbons (Fsp3) is 0.273. The van der Waals surface area contributed by atoms with E-state index in [1.54, 1.807) is 19.1 Å². The fourth-order valence-corrected chi connectivity index (χ4v) is 1.11. The Bertz CT molecular complexity index is 437. The van der Waals surface area contributed by atoms with Crippen LogP contribution in [0.3, 0.4) is 0 Å². The zero-order chi connectivity index (χ0) is 13.4. The maximum Gasteiger partial charge on any atom is 0.310 e. The molecule has 0 unspecified atom stereocenters. The summed E-state index contributed by atoms with van der Waals surface area (Å²) in [5, 5.41) is 13.5. The molecule has 1 aromatic rings. The number of non-ortho nitro benzene ring substituents is 1. The minimum Gasteiger partial charge on any atom is -0.466 e. The Labute approximate surface area is 103 Å². The Morgan fingerprint density at radius 2 is 2.00 bits per heavy atom. The summed E-state index contributed by atoms with van der Waals surface area (Å²) in [6.07, 6.45) is 1.52. The van der Waals surface area contributed by atoms with Crippen molar-refractivity contribution in [1.29, 1.82) is 0 Å². The number of nitro groups is 1. The third-order valence-electron chi connectivity index (χ3n) is 1.91. The molecule has 7 nitrogen and oxygen atoms in total. The van der Waals surface area contributed by atoms with E-state index in [1.165, 1.54) is 18.5 Å². The second kappa shape index (κ2) is 7.00. The van der Waals surface area contributed by atoms with Gasteiger partial charge in [-0.3, -0.25) is 14.9 Å². The molecule has 7 heteroatoms. The van der Waals surface area contributed by atoms with Gasteiger partial charge in [-0.15, -0.1) is 0 Å². The smallest absolute Gasteiger partial charge is 0.310 e. The van der Waals surface area contributed by atoms with Crippen LogP contribution in [0, 0.1) is 10.1 Å². The van der Waals surface area contributed by atoms with Crippen molar-refractivity contribution in [3.8, 4) is 0 Å². The van der Waals surface area contributed by atoms with Crippen LogP contribution in [0.15, 0.2) is 29.4 Å². The molecule has 18 heavy (non-hydrogen) atoms. The predicted octanol–water partition coefficient (Wildman–Crippen LogP) is 1.66. The average Bonchev–Trinajstić information content (AvgIpc) is 3.17. The van der Waals surface area contributed by atoms with Crippen LogP contribution in [0.1, 0.15) is 12.5 Å². The molecule has 0 atom stereocenters. The molecule has 1 aliphatic rings. The van der Waals surface area contributed by atoms with E-state index in [-0.39, 0.29) is 18.1 Å². The Morgan fingerprint density at radius 1 is 1.44 bits per heavy atom. The van der Waals surface area contributed by atoms with E-state index in [0.717, 1.165) is 0 Å². The van der Waals surface area contributed by atoms with E-state index < -0.39 is 4.92 Å². The van der Waals surface area contributed by atoms with Crippen LogP contribution >= 0.6 is 0 Å². The van der Waals surface area contributed by atoms with Crippen LogP contribution in [0.25, 0.3) is 0 Å². The first-order valence-electron chi connectivity index (χ1n) is 5.20. The molecule has 1 heterocycles. The number of carbonyl (C=O) groups excluding carboxylic acids is 1. The van der Waals surface area contributed by atoms with Crippen molar-refractivity contribution in [1.82, 2.24) is 0 Å². The average molecular weight is 252 g/mol. The highest BCUT2D eigenvalue weighted by molar-refractivity contribution is 5.72. The Kier molecular flexibility index (Phi) is 5.30. The lowest BCUT2D eigenvalue weighted by molar-refractivity contribution is -0.384. The molecule has 96 valence electrons. The van der Waals surface area contributed by atoms with Gasteiger partial charge in [-0.2, -0.15) is 0 Å². The second-order valence-electron chi connectivity index (χ2n) is 3.22. The topological polar surface area (TPSA) is 94.3 Å². The summed E-state index contributed by atoms with van der Waals surface area (Å²) in [7, 11) is 0. The van der Waals surface area contributed by atoms with Crippen LogP contribution in [0.2, 0.25) is 0 Å². The van der Waals surface area contributed by atoms with Gasteiger partial charge in [-0.25, -0.2) is 0 Å². The molecule has 1 aromatic carbocycles. The summed E-state index contributed by atoms with van der Waals surface area (Å²) in [6.45, 7) is 2.07. The molecule has 2 rings (SSSR count). The molecule has 0 aromatic heterocycles. The Hall–Kier alpha value is -2.44. The Morgan fingerprint density at radius 3 is 2.39 bits per heavy atom. The second-order valence-corrected chi connectivity index (χ2v) is 3.22. The zero-order valence-electron chi connectivity index (χ0n) is 9.74. The number of ether oxygens (including phenoxy) is 1. The monoisotopic (exact) mass is 252 g/mol. The van der Waals surface area contributed by atoms with Gasteiger partial charge in [0.2, 0.25) is 6.40 Å². The van der Waals surface area contributed by atoms with Crippen molar-refractivity contribution in [2.24, 2.45) is 5.16 Å². The molecule has 0 radical (unpaired) electrons. The van der Waals surface area contributed by atoms with E-state index in [9.17, 15) is 14.9 Å². The number of esters is 1. The summed E-state index contributed by atoms with van der Waals surface area (Å²) in [5.74, 6) is -0.327. The van der Waals surface area contributed by atoms with Gasteiger partial charge >= 0.3 is 5.97 Å². The van der Waals surface area contributed by atoms with Gasteiger partial charge in [-0.05, 0) is 17.6 Å². The third-order valence-corrected chi connectivity index (χ3v) is 1.91. The highest BCUT2D eigenvalue weighted by atomic mass is 16.7. The van der Waals surface area contributed by atoms with Gasteiger partial charge in [0.1, 0.15) is 0 Å². The number of nitrogens with zero attached hydrogens (tertiary/aromatic N) is 2. The first-order chi connectivity index (χ1) is 8.63. The van der Waals surface area contributed by atoms with E-state index in [4.69, 9.17) is 4.74 Å². The van der Waals surface area contributed by atoms with Gasteiger partial charge in [0.05, 0.1) is 18.0 Å². The van der Waals surface area contributed by atoms with Gasteiger partial charge < -0.3 is 9.57 Å². The summed E-state index contributed by atoms with van der Waals surface area (Å²) >= 11 is 0. The molecule has 1 aliphatic heterocycles. The predicted molar refractivity (Wildman–Crippen MR) is 63.0 cm³/mol. The number of benzene rings is 1. The molecule has 0 fully saturated rings. The fourth-order valence-electron chi connectivity index (χ4n) is 1.11. The Balaban J connectivity index is 0.000000468. The van der Waals surface area contributed by atoms with Crippen molar-refractivity contribution >= 4 is 18.1 Å². The first kappa shape index (κ1) is 13.6. The number of oxime groups is 1. The molecule has 0 spiro atoms. The molecule has 0 saturated carbocycles. The third kappa shape index (κ3) is 5.59. The molecule has 0 saturated heterocycles. The van der Waals surface area contributed by atoms with E-state index in [0.29, 0.717) is 12.2 Å². The normalized spacial score (nSPS) is 10.7. The van der Waals surface area contributed by atoms with Crippen molar-refractivity contribution in [2.45, 2.75) is 13.3 Å². The molecule has 0 amide bonds. The number of nitro benzene ring substituents is 1. The lowest BCUT2D eigenvalue weighted by Gasteiger charge is -2.01. The van der Waals surface area contributed by atoms with E-state index in [1.807, 2.05) is 0 Å². The van der Waals surface area contributed by atoms with Gasteiger partial charge in [0.25, 0.3) is 5.69 Å². The lowest BCUT2D eigenvalue weighted by atomic mass is 10.1. The summed E-state index contributed by atoms with van der Waals surface area (Å²) in [6, 6.07) is 5.84. The first-order valence-corrected chi connectivity index (χ1v) is 5.20. The maximum atomic E-state index is 11.1. The number of hydrogen-bond donors (Lipinski definition) is 0. The quantitative estimate of drug-likeness (QED) is 0.461. The summed E-state index contributed by atoms with van der Waals surface area (Å²) in [4.78, 5) is 24.9. The van der Waals surface area contributed by atoms with Crippen LogP contribution in [0.5, 0.6) is 0 Å². The van der Waals surface area contributed by atoms with Crippen molar-refractivity contribution in [3.63, 3.8) is 0 Å². The van der Waals surface area contributed by atoms with Crippen LogP contribution < -0.4 is 0 Å². The molecule has 0 N–H and O–H groups in total. The molecule has 0 bridgehead atoms. The van der Waals surface area contributed by atoms with Gasteiger partial charge in [-0.1, -0.05) is 12.1 Å². The number of hydrogen-bond acceptors (Lipinski definition) is 6. The maximum absolute atomic E-state index is 11.1. The number of rotatable bonds is 4. The van der Waals surface area contributed by atoms with Crippen molar-refractivity contribution in [2.75, 3.05) is 6.61 Å². The van der Waals surface area contributed by atoms with Gasteiger partial charge in [0, 0.05) is 12.1 Å². The van der Waals surface area contributed by atoms with E-state index >= 15 is 0 Å². The minimum atomic E-state index is -0.478. The van der Waals surface area contributed by atoms with Gasteiger partial charge in [0.15, 0.2) is 0 Å². The SMILES string of the molecule is C1=NO1.CCOC(=O)Cc1ccc([N+](=O)[O-])cc1. The highest BCUT2D eigenvalue weighted by Gasteiger charge is 2.07. The van der Waals surface area contributed by atoms with Crippen LogP contribution in [-0.2, 0) is 20.8 Å². The van der Waals surface area contributed by atoms with Crippen LogP contribution in [-0.4, -0.2) is 23.9 Å². The van der Waals surface area contributed by atoms with Crippen molar-refractivity contribution < 1.29 is 19.3 Å². The summed E-state index contributed by atoms with van der Waals surface area (Å²) < 4.78 is 4.75. The lowest BCUT2D eigenvalue weighted by Crippen LogP contribution is -2.07. The largest absolute Gasteiger partial charge is 0.466 e. The van der Waals surface area contributed by atoms with E-state index in [2.05, 4.69) is 9.99 Å². The zero-order valence-corrected chi connectivity index (χ0v) is 9.74. The number of carbonyl (C=O) groups is 1. The molecular formula is C11H12N2O5. The van der Waals surface area contributed by atoms with Crippen LogP contribution in [0.4, 0.5) is 5.69 Å². The standard InChI is InChI=1S/C10H11NO4.CHNO/c1-2-15-10(12)7-8-3-5-9(6-4-8)11(13)14;1-2-3-1/h3-6H,2,7H2,1H3;1H. The molecular weight excluding hydrogens is 240 g/mol. The summed E-state index contributed by atoms with van der Waals surface area (Å²) in [5.41, 5.74) is 0.724. The molecule has 0 aliphatic carbocycles. The van der Waals surface area contributed by atoms with Crippen molar-refractivity contribution in [3.05, 3.63) is 39.9 Å². The minimum absolute atomic E-state index is 0.0163. The highest BCUT2D eigenvalue weighted by Crippen LogP contribution is 2.12.